The number of esters is 1. The van der Waals surface area contributed by atoms with E-state index in [1.165, 1.54) is 19.2 Å². The highest BCUT2D eigenvalue weighted by Gasteiger charge is 2.49. The molecule has 0 bridgehead atoms. The molecule has 0 aliphatic carbocycles. The van der Waals surface area contributed by atoms with E-state index in [-0.39, 0.29) is 35.6 Å². The van der Waals surface area contributed by atoms with Gasteiger partial charge in [0.1, 0.15) is 53.5 Å². The van der Waals surface area contributed by atoms with Gasteiger partial charge >= 0.3 is 5.97 Å². The summed E-state index contributed by atoms with van der Waals surface area (Å²) < 4.78 is 16.7. The van der Waals surface area contributed by atoms with Crippen molar-refractivity contribution in [3.8, 4) is 11.5 Å². The Bertz CT molecular complexity index is 1000. The van der Waals surface area contributed by atoms with E-state index in [2.05, 4.69) is 12.2 Å². The number of carbonyl (C=O) groups excluding carboxylic acids is 2. The van der Waals surface area contributed by atoms with Gasteiger partial charge in [-0.15, -0.1) is 11.8 Å². The van der Waals surface area contributed by atoms with Gasteiger partial charge < -0.3 is 45.1 Å². The van der Waals surface area contributed by atoms with Crippen molar-refractivity contribution in [2.75, 3.05) is 33.1 Å². The smallest absolute Gasteiger partial charge is 0.341 e. The third kappa shape index (κ3) is 7.78. The number of aromatic hydroxyl groups is 2. The fourth-order valence-electron chi connectivity index (χ4n) is 5.28. The van der Waals surface area contributed by atoms with Crippen LogP contribution < -0.4 is 5.32 Å². The highest BCUT2D eigenvalue weighted by atomic mass is 32.2. The van der Waals surface area contributed by atoms with Crippen LogP contribution in [0.25, 0.3) is 0 Å². The summed E-state index contributed by atoms with van der Waals surface area (Å²) in [5.41, 5.74) is -1.12. The van der Waals surface area contributed by atoms with Crippen molar-refractivity contribution in [1.82, 2.24) is 10.2 Å². The second-order valence-electron chi connectivity index (χ2n) is 10.5. The summed E-state index contributed by atoms with van der Waals surface area (Å²) in [7, 11) is 3.37. The number of aliphatic hydroxyl groups excluding tert-OH is 3. The van der Waals surface area contributed by atoms with Gasteiger partial charge in [-0.05, 0) is 44.9 Å². The first-order chi connectivity index (χ1) is 19.0. The molecule has 40 heavy (non-hydrogen) atoms. The zero-order valence-electron chi connectivity index (χ0n) is 23.3. The second kappa shape index (κ2) is 14.7. The molecule has 9 atom stereocenters. The average Bonchev–Trinajstić information content (AvgIpc) is 3.29. The Labute approximate surface area is 238 Å². The highest BCUT2D eigenvalue weighted by Crippen LogP contribution is 2.32. The molecule has 226 valence electrons. The molecule has 3 rings (SSSR count). The minimum atomic E-state index is -1.56. The minimum absolute atomic E-state index is 0.110. The van der Waals surface area contributed by atoms with Gasteiger partial charge in [0.2, 0.25) is 5.91 Å². The van der Waals surface area contributed by atoms with Crippen molar-refractivity contribution in [1.29, 1.82) is 0 Å². The summed E-state index contributed by atoms with van der Waals surface area (Å²) in [4.78, 5) is 27.6. The lowest BCUT2D eigenvalue weighted by Gasteiger charge is -2.44. The average molecular weight is 587 g/mol. The molecular formula is C27H42N2O10S. The summed E-state index contributed by atoms with van der Waals surface area (Å²) >= 11 is 1.06. The fraction of sp³-hybridized carbons (Fsp3) is 0.704. The Hall–Kier alpha value is -2.13. The van der Waals surface area contributed by atoms with Gasteiger partial charge in [0.05, 0.1) is 18.2 Å². The Morgan fingerprint density at radius 1 is 1.20 bits per heavy atom. The SMILES string of the molecule is CCC[C@@H]1C[C@@H](C(=O)N[C@@H]([C@H]2O[C@H](SCCOC(=O)c3ccc(O)cc3O)[C@H](O)[C@@H](O)[C@H]2O)[C@@H](C)OC)N(C)C1. The Morgan fingerprint density at radius 2 is 1.93 bits per heavy atom. The standard InChI is InChI=1S/C27H42N2O10S/c1-5-6-15-11-18(29(3)13-15)25(35)28-20(14(2)37-4)24-22(33)21(32)23(34)27(39-24)40-10-9-38-26(36)17-8-7-16(30)12-19(17)31/h7-8,12,14-15,18,20-24,27,30-34H,5-6,9-11,13H2,1-4H3,(H,28,35)/t14-,15-,18+,20-,21+,22-,23-,24-,27-/m1/s1. The number of phenolic OH excluding ortho intramolecular Hbond substituents is 2. The van der Waals surface area contributed by atoms with E-state index >= 15 is 0 Å². The fourth-order valence-corrected chi connectivity index (χ4v) is 6.26. The lowest BCUT2D eigenvalue weighted by molar-refractivity contribution is -0.212. The summed E-state index contributed by atoms with van der Waals surface area (Å²) in [6, 6.07) is 2.33. The summed E-state index contributed by atoms with van der Waals surface area (Å²) in [5.74, 6) is -1.06. The first kappa shape index (κ1) is 32.4. The van der Waals surface area contributed by atoms with E-state index in [1.54, 1.807) is 6.92 Å². The molecule has 1 amide bonds. The molecule has 2 fully saturated rings. The van der Waals surface area contributed by atoms with Crippen LogP contribution in [-0.4, -0.2) is 123 Å². The van der Waals surface area contributed by atoms with Crippen LogP contribution in [0, 0.1) is 5.92 Å². The molecule has 2 aliphatic rings. The molecule has 1 aromatic rings. The van der Waals surface area contributed by atoms with Crippen molar-refractivity contribution in [3.05, 3.63) is 23.8 Å². The van der Waals surface area contributed by atoms with E-state index in [0.29, 0.717) is 5.92 Å². The van der Waals surface area contributed by atoms with E-state index < -0.39 is 53.7 Å². The van der Waals surface area contributed by atoms with Crippen LogP contribution in [0.3, 0.4) is 0 Å². The van der Waals surface area contributed by atoms with Crippen molar-refractivity contribution >= 4 is 23.6 Å². The number of hydrogen-bond acceptors (Lipinski definition) is 12. The van der Waals surface area contributed by atoms with Gasteiger partial charge in [-0.25, -0.2) is 4.79 Å². The largest absolute Gasteiger partial charge is 0.508 e. The Kier molecular flexibility index (Phi) is 11.9. The Morgan fingerprint density at radius 3 is 2.58 bits per heavy atom. The van der Waals surface area contributed by atoms with Crippen molar-refractivity contribution in [2.24, 2.45) is 5.92 Å². The lowest BCUT2D eigenvalue weighted by atomic mass is 9.91. The number of nitrogens with one attached hydrogen (secondary N) is 1. The van der Waals surface area contributed by atoms with Gasteiger partial charge in [0.15, 0.2) is 0 Å². The van der Waals surface area contributed by atoms with Crippen molar-refractivity contribution in [2.45, 2.75) is 81.1 Å². The predicted molar refractivity (Wildman–Crippen MR) is 147 cm³/mol. The summed E-state index contributed by atoms with van der Waals surface area (Å²) in [5, 5.41) is 54.2. The number of ether oxygens (including phenoxy) is 3. The van der Waals surface area contributed by atoms with E-state index in [9.17, 15) is 35.1 Å². The number of likely N-dealkylation sites (tertiary alicyclic amines) is 1. The molecule has 2 aliphatic heterocycles. The summed E-state index contributed by atoms with van der Waals surface area (Å²) in [6.07, 6.45) is -3.39. The molecule has 0 spiro atoms. The first-order valence-electron chi connectivity index (χ1n) is 13.5. The molecule has 1 aromatic carbocycles. The van der Waals surface area contributed by atoms with E-state index in [1.807, 2.05) is 11.9 Å². The van der Waals surface area contributed by atoms with Gasteiger partial charge in [-0.2, -0.15) is 0 Å². The van der Waals surface area contributed by atoms with Crippen LogP contribution >= 0.6 is 11.8 Å². The molecule has 12 nitrogen and oxygen atoms in total. The molecular weight excluding hydrogens is 544 g/mol. The van der Waals surface area contributed by atoms with Crippen LogP contribution in [-0.2, 0) is 19.0 Å². The monoisotopic (exact) mass is 586 g/mol. The highest BCUT2D eigenvalue weighted by molar-refractivity contribution is 7.99. The van der Waals surface area contributed by atoms with Crippen LogP contribution in [0.5, 0.6) is 11.5 Å². The second-order valence-corrected chi connectivity index (χ2v) is 11.7. The number of thioether (sulfide) groups is 1. The molecule has 0 radical (unpaired) electrons. The van der Waals surface area contributed by atoms with Crippen LogP contribution in [0.2, 0.25) is 0 Å². The number of nitrogens with zero attached hydrogens (tertiary/aromatic N) is 1. The van der Waals surface area contributed by atoms with E-state index in [4.69, 9.17) is 14.2 Å². The number of likely N-dealkylation sites (N-methyl/N-ethyl adjacent to an activating group) is 1. The molecule has 6 N–H and O–H groups in total. The van der Waals surface area contributed by atoms with Gasteiger partial charge in [-0.1, -0.05) is 13.3 Å². The maximum absolute atomic E-state index is 13.3. The molecule has 0 saturated carbocycles. The zero-order chi connectivity index (χ0) is 29.6. The number of amides is 1. The summed E-state index contributed by atoms with van der Waals surface area (Å²) in [6.45, 7) is 4.54. The lowest BCUT2D eigenvalue weighted by Crippen LogP contribution is -2.66. The number of aliphatic hydroxyl groups is 3. The van der Waals surface area contributed by atoms with Crippen LogP contribution in [0.15, 0.2) is 18.2 Å². The first-order valence-corrected chi connectivity index (χ1v) is 14.6. The van der Waals surface area contributed by atoms with Crippen LogP contribution in [0.4, 0.5) is 0 Å². The number of methoxy groups -OCH3 is 1. The van der Waals surface area contributed by atoms with Crippen molar-refractivity contribution in [3.63, 3.8) is 0 Å². The van der Waals surface area contributed by atoms with Gasteiger partial charge in [0, 0.05) is 25.5 Å². The number of benzene rings is 1. The topological polar surface area (TPSA) is 178 Å². The maximum Gasteiger partial charge on any atom is 0.341 e. The number of hydrogen-bond donors (Lipinski definition) is 6. The van der Waals surface area contributed by atoms with E-state index in [0.717, 1.165) is 43.6 Å². The molecule has 2 saturated heterocycles. The normalized spacial score (nSPS) is 30.5. The molecule has 0 aromatic heterocycles. The third-order valence-corrected chi connectivity index (χ3v) is 8.70. The third-order valence-electron chi connectivity index (χ3n) is 7.58. The number of carbonyl (C=O) groups is 2. The minimum Gasteiger partial charge on any atom is -0.508 e. The quantitative estimate of drug-likeness (QED) is 0.147. The Balaban J connectivity index is 1.63. The van der Waals surface area contributed by atoms with Gasteiger partial charge in [-0.3, -0.25) is 9.69 Å². The maximum atomic E-state index is 13.3. The number of phenols is 2. The van der Waals surface area contributed by atoms with Crippen molar-refractivity contribution < 1.29 is 49.3 Å². The van der Waals surface area contributed by atoms with Gasteiger partial charge in [0.25, 0.3) is 0 Å². The zero-order valence-corrected chi connectivity index (χ0v) is 24.1. The molecule has 0 unspecified atom stereocenters. The number of rotatable bonds is 12. The predicted octanol–water partition coefficient (Wildman–Crippen LogP) is 0.436. The molecule has 13 heteroatoms. The molecule has 2 heterocycles. The van der Waals surface area contributed by atoms with Crippen LogP contribution in [0.1, 0.15) is 43.5 Å².